The van der Waals surface area contributed by atoms with Crippen molar-refractivity contribution in [3.63, 3.8) is 0 Å². The molecule has 224 valence electrons. The number of nitrogens with two attached hydrogens (primary N) is 2. The van der Waals surface area contributed by atoms with Crippen molar-refractivity contribution in [2.45, 2.75) is 36.9 Å². The highest BCUT2D eigenvalue weighted by Gasteiger charge is 2.43. The molecule has 6 rings (SSSR count). The van der Waals surface area contributed by atoms with Crippen LogP contribution in [-0.4, -0.2) is 44.1 Å². The molecule has 2 aliphatic rings. The van der Waals surface area contributed by atoms with Crippen LogP contribution in [0, 0.1) is 11.8 Å². The van der Waals surface area contributed by atoms with Gasteiger partial charge in [0.25, 0.3) is 11.8 Å². The first-order valence-corrected chi connectivity index (χ1v) is 14.2. The number of benzene rings is 1. The average molecular weight is 616 g/mol. The largest absolute Gasteiger partial charge is 0.383 e. The van der Waals surface area contributed by atoms with Gasteiger partial charge in [0.1, 0.15) is 17.2 Å². The third-order valence-electron chi connectivity index (χ3n) is 7.84. The lowest BCUT2D eigenvalue weighted by Gasteiger charge is -2.12. The highest BCUT2D eigenvalue weighted by molar-refractivity contribution is 6.34. The number of anilines is 2. The number of aromatic nitrogens is 3. The predicted molar refractivity (Wildman–Crippen MR) is 166 cm³/mol. The van der Waals surface area contributed by atoms with Crippen LogP contribution < -0.4 is 22.1 Å². The van der Waals surface area contributed by atoms with Crippen LogP contribution in [0.2, 0.25) is 5.02 Å². The molecule has 0 saturated heterocycles. The van der Waals surface area contributed by atoms with E-state index in [1.54, 1.807) is 36.5 Å². The number of hydrogen-bond donors (Lipinski definition) is 4. The Bertz CT molecular complexity index is 1930. The van der Waals surface area contributed by atoms with Gasteiger partial charge in [-0.05, 0) is 49.4 Å². The minimum Gasteiger partial charge on any atom is -0.383 e. The summed E-state index contributed by atoms with van der Waals surface area (Å²) in [6.45, 7) is 2.91. The number of nitrogens with zero attached hydrogens (tertiary/aromatic N) is 3. The zero-order valence-electron chi connectivity index (χ0n) is 23.7. The molecule has 2 fully saturated rings. The molecule has 12 heteroatoms. The Hall–Kier alpha value is -4.79. The maximum Gasteiger partial charge on any atom is 0.283 e. The molecule has 3 heterocycles. The summed E-state index contributed by atoms with van der Waals surface area (Å²) in [5.74, 6) is 3.93. The summed E-state index contributed by atoms with van der Waals surface area (Å²) in [5.41, 5.74) is 15.0. The molecule has 0 bridgehead atoms. The van der Waals surface area contributed by atoms with E-state index in [-0.39, 0.29) is 23.1 Å². The number of nitrogens with one attached hydrogen (secondary N) is 2. The number of aryl methyl sites for hydroxylation is 1. The van der Waals surface area contributed by atoms with Crippen LogP contribution in [0.25, 0.3) is 33.3 Å². The molecule has 0 radical (unpaired) electrons. The summed E-state index contributed by atoms with van der Waals surface area (Å²) in [5, 5.41) is 5.66. The van der Waals surface area contributed by atoms with Crippen molar-refractivity contribution < 1.29 is 18.4 Å². The van der Waals surface area contributed by atoms with Gasteiger partial charge in [0, 0.05) is 36.3 Å². The van der Waals surface area contributed by atoms with E-state index < -0.39 is 28.8 Å². The molecule has 6 N–H and O–H groups in total. The van der Waals surface area contributed by atoms with Gasteiger partial charge in [-0.1, -0.05) is 42.2 Å². The predicted octanol–water partition coefficient (Wildman–Crippen LogP) is 5.03. The Kier molecular flexibility index (Phi) is 7.14. The molecule has 0 unspecified atom stereocenters. The molecule has 2 aliphatic carbocycles. The molecule has 44 heavy (non-hydrogen) atoms. The van der Waals surface area contributed by atoms with Gasteiger partial charge < -0.3 is 26.7 Å². The minimum atomic E-state index is -1.37. The number of carbonyl (C=O) groups excluding carboxylic acids is 2. The molecule has 4 aromatic rings. The highest BCUT2D eigenvalue weighted by atomic mass is 35.5. The van der Waals surface area contributed by atoms with E-state index >= 15 is 0 Å². The third kappa shape index (κ3) is 5.62. The number of pyridine rings is 2. The fourth-order valence-corrected chi connectivity index (χ4v) is 5.21. The zero-order chi connectivity index (χ0) is 31.4. The van der Waals surface area contributed by atoms with E-state index in [4.69, 9.17) is 23.1 Å². The maximum atomic E-state index is 14.1. The molecule has 2 saturated carbocycles. The lowest BCUT2D eigenvalue weighted by atomic mass is 9.98. The second-order valence-electron chi connectivity index (χ2n) is 11.3. The summed E-state index contributed by atoms with van der Waals surface area (Å²) in [6.07, 6.45) is 5.53. The van der Waals surface area contributed by atoms with Gasteiger partial charge in [0.15, 0.2) is 5.83 Å². The smallest absolute Gasteiger partial charge is 0.283 e. The number of carbonyl (C=O) groups is 2. The van der Waals surface area contributed by atoms with E-state index in [9.17, 15) is 18.4 Å². The Balaban J connectivity index is 1.49. The number of halogens is 3. The first-order chi connectivity index (χ1) is 20.9. The topological polar surface area (TPSA) is 141 Å². The highest BCUT2D eigenvalue weighted by Crippen LogP contribution is 2.44. The van der Waals surface area contributed by atoms with Crippen LogP contribution in [0.15, 0.2) is 55.1 Å². The van der Waals surface area contributed by atoms with Crippen LogP contribution in [0.4, 0.5) is 20.3 Å². The number of amides is 2. The summed E-state index contributed by atoms with van der Waals surface area (Å²) < 4.78 is 29.3. The van der Waals surface area contributed by atoms with Crippen LogP contribution >= 0.6 is 11.6 Å². The van der Waals surface area contributed by atoms with Crippen LogP contribution in [0.1, 0.15) is 41.7 Å². The first kappa shape index (κ1) is 29.3. The fraction of sp³-hybridized carbons (Fsp3) is 0.250. The summed E-state index contributed by atoms with van der Waals surface area (Å²) in [4.78, 5) is 33.3. The van der Waals surface area contributed by atoms with Gasteiger partial charge >= 0.3 is 0 Å². The van der Waals surface area contributed by atoms with Gasteiger partial charge in [-0.2, -0.15) is 0 Å². The molecule has 9 nitrogen and oxygen atoms in total. The second kappa shape index (κ2) is 10.7. The van der Waals surface area contributed by atoms with Gasteiger partial charge in [-0.15, -0.1) is 0 Å². The maximum absolute atomic E-state index is 14.1. The second-order valence-corrected chi connectivity index (χ2v) is 11.7. The summed E-state index contributed by atoms with van der Waals surface area (Å²) in [7, 11) is 1.85. The van der Waals surface area contributed by atoms with Crippen molar-refractivity contribution in [1.82, 2.24) is 19.9 Å². The van der Waals surface area contributed by atoms with E-state index in [0.717, 1.165) is 12.8 Å². The monoisotopic (exact) mass is 615 g/mol. The van der Waals surface area contributed by atoms with Crippen molar-refractivity contribution in [2.75, 3.05) is 17.6 Å². The molecule has 0 spiro atoms. The quantitative estimate of drug-likeness (QED) is 0.170. The Morgan fingerprint density at radius 3 is 2.45 bits per heavy atom. The number of nitrogen functional groups attached to an aromatic ring is 1. The Morgan fingerprint density at radius 2 is 1.84 bits per heavy atom. The molecule has 1 aromatic carbocycles. The minimum absolute atomic E-state index is 0.0358. The molecular formula is C32H28ClF2N7O2. The molecule has 2 amide bonds. The number of alkyl halides is 1. The zero-order valence-corrected chi connectivity index (χ0v) is 24.5. The van der Waals surface area contributed by atoms with Crippen LogP contribution in [0.5, 0.6) is 0 Å². The fourth-order valence-electron chi connectivity index (χ4n) is 4.96. The van der Waals surface area contributed by atoms with Gasteiger partial charge in [-0.25, -0.2) is 18.7 Å². The summed E-state index contributed by atoms with van der Waals surface area (Å²) >= 11 is 6.58. The van der Waals surface area contributed by atoms with Crippen molar-refractivity contribution in [2.24, 2.45) is 12.8 Å². The molecule has 0 atom stereocenters. The number of rotatable bonds is 7. The van der Waals surface area contributed by atoms with Crippen molar-refractivity contribution in [1.29, 1.82) is 0 Å². The van der Waals surface area contributed by atoms with E-state index in [2.05, 4.69) is 39.0 Å². The van der Waals surface area contributed by atoms with Crippen molar-refractivity contribution in [3.8, 4) is 34.2 Å². The van der Waals surface area contributed by atoms with Gasteiger partial charge in [0.2, 0.25) is 0 Å². The number of hydrogen-bond acceptors (Lipinski definition) is 6. The Morgan fingerprint density at radius 1 is 1.14 bits per heavy atom. The molecular weight excluding hydrogens is 588 g/mol. The van der Waals surface area contributed by atoms with E-state index in [1.807, 2.05) is 11.6 Å². The van der Waals surface area contributed by atoms with Gasteiger partial charge in [0.05, 0.1) is 39.3 Å². The van der Waals surface area contributed by atoms with Crippen molar-refractivity contribution >= 4 is 45.8 Å². The van der Waals surface area contributed by atoms with Gasteiger partial charge in [-0.3, -0.25) is 9.59 Å². The molecule has 3 aromatic heterocycles. The van der Waals surface area contributed by atoms with Crippen molar-refractivity contribution in [3.05, 3.63) is 71.4 Å². The summed E-state index contributed by atoms with van der Waals surface area (Å²) in [6, 6.07) is 8.36. The molecule has 0 aliphatic heterocycles. The van der Waals surface area contributed by atoms with Crippen LogP contribution in [0.3, 0.4) is 0 Å². The Labute approximate surface area is 256 Å². The lowest BCUT2D eigenvalue weighted by Crippen LogP contribution is -2.31. The normalized spacial score (nSPS) is 15.7. The SMILES string of the molecule is C=C(F)C(=O)Nc1ccc(-c2c(-c3cnc(C(=O)NCC4(F)CC4)c(Cl)c3)c3c(N)ncc(C#CC4(N)CC4)c3n2C)cc1. The standard InChI is InChI=1S/C32H28ClF2N7O2/c1-17(34)29(43)41-21-5-3-18(4-6-21)26-23(20-13-22(33)25(38-15-20)30(44)40-16-31(35)9-10-31)24-27(42(26)2)19(14-39-28(24)36)7-8-32(37)11-12-32/h3-6,13-15H,1,9-12,16,37H2,2H3,(H2,36,39)(H,40,44)(H,41,43). The lowest BCUT2D eigenvalue weighted by molar-refractivity contribution is -0.114. The number of fused-ring (bicyclic) bond motifs is 1. The first-order valence-electron chi connectivity index (χ1n) is 13.9. The third-order valence-corrected chi connectivity index (χ3v) is 8.13. The van der Waals surface area contributed by atoms with E-state index in [1.165, 1.54) is 6.20 Å². The average Bonchev–Trinajstić information content (AvgIpc) is 3.90. The van der Waals surface area contributed by atoms with Crippen LogP contribution in [-0.2, 0) is 11.8 Å². The van der Waals surface area contributed by atoms with E-state index in [0.29, 0.717) is 57.4 Å².